The van der Waals surface area contributed by atoms with Crippen molar-refractivity contribution in [2.45, 2.75) is 82.0 Å². The smallest absolute Gasteiger partial charge is 0.0309 e. The lowest BCUT2D eigenvalue weighted by Crippen LogP contribution is -2.66. The molecule has 4 aliphatic rings. The molecule has 3 heteroatoms. The van der Waals surface area contributed by atoms with E-state index in [1.54, 1.807) is 0 Å². The summed E-state index contributed by atoms with van der Waals surface area (Å²) in [5, 5.41) is 3.95. The summed E-state index contributed by atoms with van der Waals surface area (Å²) in [7, 11) is 0. The van der Waals surface area contributed by atoms with E-state index in [0.29, 0.717) is 5.54 Å². The molecule has 4 rings (SSSR count). The van der Waals surface area contributed by atoms with Crippen LogP contribution in [0.15, 0.2) is 0 Å². The van der Waals surface area contributed by atoms with E-state index >= 15 is 0 Å². The highest BCUT2D eigenvalue weighted by Gasteiger charge is 2.47. The molecular weight excluding hydrogens is 246 g/mol. The van der Waals surface area contributed by atoms with E-state index in [0.717, 1.165) is 18.1 Å². The molecule has 0 bridgehead atoms. The lowest BCUT2D eigenvalue weighted by atomic mass is 9.89. The fourth-order valence-electron chi connectivity index (χ4n) is 5.58. The average Bonchev–Trinajstić information content (AvgIpc) is 3.15. The SMILES string of the molecule is CCC1CNC2(CCCC2)CN1C1CCN2CCCC12. The zero-order chi connectivity index (χ0) is 13.6. The Balaban J connectivity index is 1.53. The van der Waals surface area contributed by atoms with Crippen LogP contribution in [0.2, 0.25) is 0 Å². The second kappa shape index (κ2) is 5.26. The summed E-state index contributed by atoms with van der Waals surface area (Å²) in [5.74, 6) is 0. The third-order valence-electron chi connectivity index (χ3n) is 6.70. The summed E-state index contributed by atoms with van der Waals surface area (Å²) in [4.78, 5) is 5.73. The van der Waals surface area contributed by atoms with Crippen LogP contribution < -0.4 is 5.32 Å². The molecule has 114 valence electrons. The Morgan fingerprint density at radius 2 is 1.90 bits per heavy atom. The molecule has 3 unspecified atom stereocenters. The summed E-state index contributed by atoms with van der Waals surface area (Å²) >= 11 is 0. The van der Waals surface area contributed by atoms with Crippen LogP contribution in [0.1, 0.15) is 58.3 Å². The van der Waals surface area contributed by atoms with Crippen molar-refractivity contribution in [3.05, 3.63) is 0 Å². The molecule has 3 atom stereocenters. The van der Waals surface area contributed by atoms with Crippen molar-refractivity contribution >= 4 is 0 Å². The first-order chi connectivity index (χ1) is 9.81. The molecule has 1 saturated carbocycles. The quantitative estimate of drug-likeness (QED) is 0.835. The molecule has 0 amide bonds. The molecule has 1 aliphatic carbocycles. The highest BCUT2D eigenvalue weighted by molar-refractivity contribution is 5.06. The molecule has 20 heavy (non-hydrogen) atoms. The third kappa shape index (κ3) is 2.13. The first-order valence-corrected chi connectivity index (χ1v) is 9.06. The number of fused-ring (bicyclic) bond motifs is 1. The summed E-state index contributed by atoms with van der Waals surface area (Å²) in [6, 6.07) is 2.54. The Bertz CT molecular complexity index is 350. The van der Waals surface area contributed by atoms with Crippen LogP contribution in [-0.4, -0.2) is 59.6 Å². The van der Waals surface area contributed by atoms with Crippen LogP contribution in [0.25, 0.3) is 0 Å². The van der Waals surface area contributed by atoms with Gasteiger partial charge in [-0.3, -0.25) is 9.80 Å². The number of piperazine rings is 1. The van der Waals surface area contributed by atoms with Crippen LogP contribution in [-0.2, 0) is 0 Å². The minimum absolute atomic E-state index is 0.484. The Labute approximate surface area is 124 Å². The minimum Gasteiger partial charge on any atom is -0.308 e. The summed E-state index contributed by atoms with van der Waals surface area (Å²) in [5.41, 5.74) is 0.484. The van der Waals surface area contributed by atoms with Gasteiger partial charge in [0.1, 0.15) is 0 Å². The van der Waals surface area contributed by atoms with Gasteiger partial charge >= 0.3 is 0 Å². The first kappa shape index (κ1) is 13.5. The highest BCUT2D eigenvalue weighted by atomic mass is 15.3. The molecule has 4 fully saturated rings. The predicted octanol–water partition coefficient (Wildman–Crippen LogP) is 2.22. The van der Waals surface area contributed by atoms with Gasteiger partial charge in [-0.25, -0.2) is 0 Å². The number of hydrogen-bond acceptors (Lipinski definition) is 3. The fourth-order valence-corrected chi connectivity index (χ4v) is 5.58. The summed E-state index contributed by atoms with van der Waals surface area (Å²) in [6.45, 7) is 7.69. The number of rotatable bonds is 2. The van der Waals surface area contributed by atoms with Crippen molar-refractivity contribution in [1.29, 1.82) is 0 Å². The van der Waals surface area contributed by atoms with Crippen molar-refractivity contribution in [3.8, 4) is 0 Å². The zero-order valence-corrected chi connectivity index (χ0v) is 13.1. The molecule has 3 saturated heterocycles. The molecule has 0 aromatic carbocycles. The Morgan fingerprint density at radius 1 is 1.05 bits per heavy atom. The molecular formula is C17H31N3. The second-order valence-electron chi connectivity index (χ2n) is 7.70. The molecule has 3 nitrogen and oxygen atoms in total. The third-order valence-corrected chi connectivity index (χ3v) is 6.70. The maximum absolute atomic E-state index is 3.95. The summed E-state index contributed by atoms with van der Waals surface area (Å²) in [6.07, 6.45) is 11.4. The van der Waals surface area contributed by atoms with Gasteiger partial charge < -0.3 is 5.32 Å². The van der Waals surface area contributed by atoms with E-state index in [9.17, 15) is 0 Å². The molecule has 0 aromatic heterocycles. The van der Waals surface area contributed by atoms with E-state index in [4.69, 9.17) is 0 Å². The van der Waals surface area contributed by atoms with Crippen LogP contribution in [0.3, 0.4) is 0 Å². The topological polar surface area (TPSA) is 18.5 Å². The van der Waals surface area contributed by atoms with E-state index in [1.807, 2.05) is 0 Å². The molecule has 3 aliphatic heterocycles. The van der Waals surface area contributed by atoms with Gasteiger partial charge in [0, 0.05) is 43.3 Å². The second-order valence-corrected chi connectivity index (χ2v) is 7.70. The van der Waals surface area contributed by atoms with Gasteiger partial charge in [-0.15, -0.1) is 0 Å². The first-order valence-electron chi connectivity index (χ1n) is 9.06. The maximum Gasteiger partial charge on any atom is 0.0309 e. The van der Waals surface area contributed by atoms with E-state index in [1.165, 1.54) is 77.5 Å². The Morgan fingerprint density at radius 3 is 2.70 bits per heavy atom. The number of nitrogens with zero attached hydrogens (tertiary/aromatic N) is 2. The zero-order valence-electron chi connectivity index (χ0n) is 13.1. The van der Waals surface area contributed by atoms with E-state index in [2.05, 4.69) is 22.0 Å². The van der Waals surface area contributed by atoms with Gasteiger partial charge in [0.15, 0.2) is 0 Å². The van der Waals surface area contributed by atoms with E-state index in [-0.39, 0.29) is 0 Å². The lowest BCUT2D eigenvalue weighted by Gasteiger charge is -2.50. The van der Waals surface area contributed by atoms with Gasteiger partial charge in [0.2, 0.25) is 0 Å². The Hall–Kier alpha value is -0.120. The normalized spacial score (nSPS) is 41.5. The van der Waals surface area contributed by atoms with Crippen molar-refractivity contribution in [3.63, 3.8) is 0 Å². The Kier molecular flexibility index (Phi) is 3.56. The molecule has 0 aromatic rings. The van der Waals surface area contributed by atoms with Crippen LogP contribution in [0.5, 0.6) is 0 Å². The van der Waals surface area contributed by atoms with Crippen LogP contribution in [0.4, 0.5) is 0 Å². The fraction of sp³-hybridized carbons (Fsp3) is 1.00. The van der Waals surface area contributed by atoms with Crippen molar-refractivity contribution in [1.82, 2.24) is 15.1 Å². The molecule has 1 spiro atoms. The van der Waals surface area contributed by atoms with Gasteiger partial charge in [-0.05, 0) is 45.1 Å². The monoisotopic (exact) mass is 277 g/mol. The number of hydrogen-bond donors (Lipinski definition) is 1. The average molecular weight is 277 g/mol. The van der Waals surface area contributed by atoms with Crippen LogP contribution >= 0.6 is 0 Å². The highest BCUT2D eigenvalue weighted by Crippen LogP contribution is 2.38. The molecule has 1 N–H and O–H groups in total. The van der Waals surface area contributed by atoms with Gasteiger partial charge in [0.25, 0.3) is 0 Å². The van der Waals surface area contributed by atoms with Crippen LogP contribution in [0, 0.1) is 0 Å². The lowest BCUT2D eigenvalue weighted by molar-refractivity contribution is 0.0304. The molecule has 0 radical (unpaired) electrons. The largest absolute Gasteiger partial charge is 0.308 e. The van der Waals surface area contributed by atoms with Crippen molar-refractivity contribution in [2.75, 3.05) is 26.2 Å². The maximum atomic E-state index is 3.95. The van der Waals surface area contributed by atoms with E-state index < -0.39 is 0 Å². The predicted molar refractivity (Wildman–Crippen MR) is 83.0 cm³/mol. The van der Waals surface area contributed by atoms with Gasteiger partial charge in [-0.2, -0.15) is 0 Å². The standard InChI is InChI=1S/C17H31N3/c1-2-14-12-18-17(8-3-4-9-17)13-20(14)16-7-11-19-10-5-6-15(16)19/h14-16,18H,2-13H2,1H3. The number of nitrogens with one attached hydrogen (secondary N) is 1. The molecule has 3 heterocycles. The van der Waals surface area contributed by atoms with Gasteiger partial charge in [-0.1, -0.05) is 19.8 Å². The van der Waals surface area contributed by atoms with Crippen molar-refractivity contribution < 1.29 is 0 Å². The summed E-state index contributed by atoms with van der Waals surface area (Å²) < 4.78 is 0. The van der Waals surface area contributed by atoms with Gasteiger partial charge in [0.05, 0.1) is 0 Å². The minimum atomic E-state index is 0.484. The van der Waals surface area contributed by atoms with Crippen molar-refractivity contribution in [2.24, 2.45) is 0 Å².